The van der Waals surface area contributed by atoms with Gasteiger partial charge >= 0.3 is 59.1 Å². The minimum atomic E-state index is -4.21. The molecule has 0 amide bonds. The summed E-state index contributed by atoms with van der Waals surface area (Å²) in [5.41, 5.74) is 3.19. The van der Waals surface area contributed by atoms with Crippen molar-refractivity contribution >= 4 is 45.7 Å². The maximum Gasteiger partial charge on any atom is 1.00 e. The molecule has 2 aromatic carbocycles. The number of thioether (sulfide) groups is 2. The van der Waals surface area contributed by atoms with E-state index >= 15 is 0 Å². The van der Waals surface area contributed by atoms with Gasteiger partial charge < -0.3 is 20.0 Å². The van der Waals surface area contributed by atoms with Crippen LogP contribution in [0.25, 0.3) is 0 Å². The van der Waals surface area contributed by atoms with Crippen molar-refractivity contribution in [3.63, 3.8) is 0 Å². The molecule has 0 saturated carbocycles. The molecule has 0 fully saturated rings. The van der Waals surface area contributed by atoms with Gasteiger partial charge in [0.15, 0.2) is 0 Å². The molecule has 0 heterocycles. The van der Waals surface area contributed by atoms with Gasteiger partial charge in [0, 0.05) is 51.6 Å². The van der Waals surface area contributed by atoms with Crippen molar-refractivity contribution in [2.45, 2.75) is 43.6 Å². The molecule has 37 heavy (non-hydrogen) atoms. The summed E-state index contributed by atoms with van der Waals surface area (Å²) in [6.45, 7) is 4.15. The first-order valence-corrected chi connectivity index (χ1v) is 15.7. The molecule has 14 heteroatoms. The summed E-state index contributed by atoms with van der Waals surface area (Å²) in [6.07, 6.45) is 1.10. The molecule has 0 radical (unpaired) electrons. The zero-order chi connectivity index (χ0) is 25.9. The van der Waals surface area contributed by atoms with Crippen LogP contribution >= 0.6 is 35.6 Å². The molecule has 0 aliphatic carbocycles. The molecule has 2 N–H and O–H groups in total. The normalized spacial score (nSPS) is 11.6. The van der Waals surface area contributed by atoms with E-state index < -0.39 is 15.5 Å². The molecule has 0 atom stereocenters. The number of phenolic OH excluding ortho intramolecular Hbond substituents is 2. The van der Waals surface area contributed by atoms with Crippen molar-refractivity contribution in [2.75, 3.05) is 23.0 Å². The molecule has 0 spiro atoms. The van der Waals surface area contributed by atoms with E-state index in [1.54, 1.807) is 23.9 Å². The molecule has 0 bridgehead atoms. The molecule has 196 valence electrons. The Morgan fingerprint density at radius 3 is 1.81 bits per heavy atom. The average Bonchev–Trinajstić information content (AvgIpc) is 2.79. The topological polar surface area (TPSA) is 139 Å². The second-order valence-corrected chi connectivity index (χ2v) is 12.9. The van der Waals surface area contributed by atoms with Crippen LogP contribution in [0.15, 0.2) is 36.4 Å². The predicted octanol–water partition coefficient (Wildman–Crippen LogP) is -1.90. The summed E-state index contributed by atoms with van der Waals surface area (Å²) in [5, 5.41) is 33.7. The van der Waals surface area contributed by atoms with Gasteiger partial charge in [0.05, 0.1) is 10.1 Å². The summed E-state index contributed by atoms with van der Waals surface area (Å²) < 4.78 is 36.4. The van der Waals surface area contributed by atoms with E-state index in [4.69, 9.17) is 0 Å². The number of phenols is 2. The quantitative estimate of drug-likeness (QED) is 0.0552. The number of hydrogen-bond acceptors (Lipinski definition) is 11. The van der Waals surface area contributed by atoms with Crippen molar-refractivity contribution in [1.29, 1.82) is 0 Å². The fraction of sp³-hybridized carbons (Fsp3) is 0.478. The monoisotopic (exact) mass is 608 g/mol. The van der Waals surface area contributed by atoms with Gasteiger partial charge in [-0.05, 0) is 47.6 Å². The van der Waals surface area contributed by atoms with Crippen molar-refractivity contribution in [3.05, 3.63) is 58.7 Å². The SMILES string of the molecule is CC(C)(c1ccc(O)c(CSCCCSOO[O-])c1)c1ccc(O)c(CSCCCS(=O)(=O)[O-])c1.[Na+].[Na+]. The maximum atomic E-state index is 10.7. The van der Waals surface area contributed by atoms with E-state index in [0.29, 0.717) is 23.0 Å². The van der Waals surface area contributed by atoms with Crippen molar-refractivity contribution in [2.24, 2.45) is 0 Å². The second kappa shape index (κ2) is 19.1. The standard InChI is InChI=1S/C23H32O8S4.2Na/c1-23(2,19-5-7-21(24)17(13-19)15-32-9-3-11-34-31-30-26)20-6-8-22(25)18(14-20)16-33-10-4-12-35(27,28)29;;/h5-8,13-14,24-26H,3-4,9-12,15-16H2,1-2H3,(H,27,28,29);;/q;2*+1/p-2. The summed E-state index contributed by atoms with van der Waals surface area (Å²) in [5.74, 6) is 3.12. The van der Waals surface area contributed by atoms with Gasteiger partial charge in [-0.25, -0.2) is 8.42 Å². The number of rotatable bonds is 16. The molecule has 8 nitrogen and oxygen atoms in total. The Labute approximate surface area is 276 Å². The predicted molar refractivity (Wildman–Crippen MR) is 139 cm³/mol. The van der Waals surface area contributed by atoms with Crippen LogP contribution in [0.4, 0.5) is 0 Å². The number of aromatic hydroxyl groups is 2. The van der Waals surface area contributed by atoms with Gasteiger partial charge in [0.1, 0.15) is 11.5 Å². The third-order valence-corrected chi connectivity index (χ3v) is 8.97. The van der Waals surface area contributed by atoms with Crippen LogP contribution in [0, 0.1) is 0 Å². The van der Waals surface area contributed by atoms with Gasteiger partial charge in [-0.3, -0.25) is 5.04 Å². The summed E-state index contributed by atoms with van der Waals surface area (Å²) in [4.78, 5) is 0. The Bertz CT molecular complexity index is 1060. The Hall–Kier alpha value is 0.880. The Kier molecular flexibility index (Phi) is 19.5. The van der Waals surface area contributed by atoms with E-state index in [1.165, 1.54) is 11.8 Å². The van der Waals surface area contributed by atoms with Crippen molar-refractivity contribution in [3.8, 4) is 11.5 Å². The summed E-state index contributed by atoms with van der Waals surface area (Å²) >= 11 is 4.10. The Morgan fingerprint density at radius 1 is 0.865 bits per heavy atom. The van der Waals surface area contributed by atoms with E-state index in [2.05, 4.69) is 23.2 Å². The average molecular weight is 609 g/mol. The molecule has 0 unspecified atom stereocenters. The molecular weight excluding hydrogens is 578 g/mol. The number of benzene rings is 2. The van der Waals surface area contributed by atoms with Crippen LogP contribution in [0.1, 0.15) is 48.9 Å². The largest absolute Gasteiger partial charge is 1.00 e. The van der Waals surface area contributed by atoms with Crippen LogP contribution in [-0.2, 0) is 36.4 Å². The fourth-order valence-corrected chi connectivity index (χ4v) is 6.44. The smallest absolute Gasteiger partial charge is 0.748 e. The molecule has 2 rings (SSSR count). The van der Waals surface area contributed by atoms with Crippen LogP contribution in [0.2, 0.25) is 0 Å². The van der Waals surface area contributed by atoms with Crippen molar-refractivity contribution in [1.82, 2.24) is 0 Å². The minimum Gasteiger partial charge on any atom is -0.748 e. The third-order valence-electron chi connectivity index (χ3n) is 5.39. The van der Waals surface area contributed by atoms with E-state index in [9.17, 15) is 28.4 Å². The summed E-state index contributed by atoms with van der Waals surface area (Å²) in [7, 11) is -4.21. The molecule has 0 aliphatic rings. The van der Waals surface area contributed by atoms with Gasteiger partial charge in [-0.2, -0.15) is 27.9 Å². The molecule has 2 aromatic rings. The second-order valence-electron chi connectivity index (χ2n) is 8.34. The zero-order valence-corrected chi connectivity index (χ0v) is 28.9. The Morgan fingerprint density at radius 2 is 1.35 bits per heavy atom. The first-order chi connectivity index (χ1) is 16.5. The Balaban J connectivity index is 0.00000648. The molecular formula is C23H30Na2O8S4. The van der Waals surface area contributed by atoms with Gasteiger partial charge in [0.2, 0.25) is 0 Å². The van der Waals surface area contributed by atoms with E-state index in [0.717, 1.165) is 46.5 Å². The fourth-order valence-electron chi connectivity index (χ4n) is 3.32. The first kappa shape index (κ1) is 37.9. The number of hydrogen-bond donors (Lipinski definition) is 2. The molecule has 0 aromatic heterocycles. The van der Waals surface area contributed by atoms with Crippen molar-refractivity contribution < 1.29 is 96.9 Å². The van der Waals surface area contributed by atoms with Crippen LogP contribution in [0.5, 0.6) is 11.5 Å². The minimum absolute atomic E-state index is 0. The van der Waals surface area contributed by atoms with Crippen LogP contribution < -0.4 is 64.4 Å². The zero-order valence-electron chi connectivity index (χ0n) is 21.6. The molecule has 0 saturated heterocycles. The summed E-state index contributed by atoms with van der Waals surface area (Å²) in [6, 6.07) is 11.1. The van der Waals surface area contributed by atoms with E-state index in [-0.39, 0.29) is 82.8 Å². The van der Waals surface area contributed by atoms with E-state index in [1.807, 2.05) is 24.3 Å². The van der Waals surface area contributed by atoms with Gasteiger partial charge in [-0.15, -0.1) is 0 Å². The van der Waals surface area contributed by atoms with Gasteiger partial charge in [0.25, 0.3) is 0 Å². The third kappa shape index (κ3) is 13.9. The van der Waals surface area contributed by atoms with Crippen LogP contribution in [0.3, 0.4) is 0 Å². The molecule has 0 aliphatic heterocycles. The van der Waals surface area contributed by atoms with Crippen LogP contribution in [-0.4, -0.2) is 46.2 Å². The van der Waals surface area contributed by atoms with Gasteiger partial charge in [-0.1, -0.05) is 38.1 Å². The first-order valence-electron chi connectivity index (χ1n) is 10.9. The maximum absolute atomic E-state index is 10.7.